The molecule has 144 valence electrons. The summed E-state index contributed by atoms with van der Waals surface area (Å²) in [6.45, 7) is 3.72. The van der Waals surface area contributed by atoms with Crippen molar-refractivity contribution in [3.63, 3.8) is 0 Å². The van der Waals surface area contributed by atoms with Crippen molar-refractivity contribution in [1.29, 1.82) is 0 Å². The van der Waals surface area contributed by atoms with Crippen molar-refractivity contribution in [2.45, 2.75) is 45.4 Å². The summed E-state index contributed by atoms with van der Waals surface area (Å²) >= 11 is 0. The first kappa shape index (κ1) is 19.2. The van der Waals surface area contributed by atoms with Crippen LogP contribution in [0.2, 0.25) is 0 Å². The van der Waals surface area contributed by atoms with Crippen LogP contribution in [0.3, 0.4) is 0 Å². The summed E-state index contributed by atoms with van der Waals surface area (Å²) in [5, 5.41) is 6.79. The molecule has 0 atom stereocenters. The van der Waals surface area contributed by atoms with Crippen molar-refractivity contribution < 1.29 is 4.74 Å². The van der Waals surface area contributed by atoms with Gasteiger partial charge in [0.2, 0.25) is 5.95 Å². The lowest BCUT2D eigenvalue weighted by Crippen LogP contribution is -2.11. The summed E-state index contributed by atoms with van der Waals surface area (Å²) in [5.74, 6) is 2.46. The van der Waals surface area contributed by atoms with Gasteiger partial charge in [-0.3, -0.25) is 0 Å². The van der Waals surface area contributed by atoms with E-state index in [0.29, 0.717) is 5.95 Å². The van der Waals surface area contributed by atoms with Gasteiger partial charge >= 0.3 is 0 Å². The fraction of sp³-hybridized carbons (Fsp3) is 0.455. The Morgan fingerprint density at radius 2 is 1.81 bits per heavy atom. The van der Waals surface area contributed by atoms with E-state index in [9.17, 15) is 0 Å². The second-order valence-electron chi connectivity index (χ2n) is 7.03. The number of rotatable bonds is 9. The van der Waals surface area contributed by atoms with Gasteiger partial charge in [-0.05, 0) is 63.1 Å². The molecule has 1 aromatic heterocycles. The second-order valence-corrected chi connectivity index (χ2v) is 7.03. The molecule has 0 unspecified atom stereocenters. The molecule has 0 aliphatic heterocycles. The second kappa shape index (κ2) is 9.95. The average molecular weight is 367 g/mol. The summed E-state index contributed by atoms with van der Waals surface area (Å²) in [5.41, 5.74) is 3.81. The maximum atomic E-state index is 5.20. The number of methoxy groups -OCH3 is 1. The van der Waals surface area contributed by atoms with E-state index < -0.39 is 0 Å². The van der Waals surface area contributed by atoms with Crippen LogP contribution in [0.1, 0.15) is 43.4 Å². The number of allylic oxidation sites excluding steroid dienone is 1. The van der Waals surface area contributed by atoms with Crippen LogP contribution >= 0.6 is 0 Å². The van der Waals surface area contributed by atoms with E-state index >= 15 is 0 Å². The SMILES string of the molecule is COc1ccc(CCNc2cc(C)nc(NCCC3=CCCCC3)n2)cc1. The van der Waals surface area contributed by atoms with Crippen molar-refractivity contribution in [2.75, 3.05) is 30.8 Å². The molecule has 0 fully saturated rings. The Hall–Kier alpha value is -2.56. The summed E-state index contributed by atoms with van der Waals surface area (Å²) in [4.78, 5) is 9.11. The summed E-state index contributed by atoms with van der Waals surface area (Å²) in [6, 6.07) is 10.2. The molecule has 3 rings (SSSR count). The molecule has 0 bridgehead atoms. The molecule has 2 N–H and O–H groups in total. The Kier molecular flexibility index (Phi) is 7.08. The van der Waals surface area contributed by atoms with Gasteiger partial charge in [-0.15, -0.1) is 0 Å². The molecule has 0 saturated heterocycles. The Morgan fingerprint density at radius 1 is 1.00 bits per heavy atom. The average Bonchev–Trinajstić information content (AvgIpc) is 2.69. The lowest BCUT2D eigenvalue weighted by atomic mass is 9.97. The predicted molar refractivity (Wildman–Crippen MR) is 112 cm³/mol. The first-order valence-corrected chi connectivity index (χ1v) is 9.87. The van der Waals surface area contributed by atoms with Gasteiger partial charge in [0, 0.05) is 24.8 Å². The third-order valence-corrected chi connectivity index (χ3v) is 4.85. The molecule has 0 radical (unpaired) electrons. The molecule has 1 aliphatic rings. The van der Waals surface area contributed by atoms with Crippen molar-refractivity contribution in [3.05, 3.63) is 53.2 Å². The number of aryl methyl sites for hydroxylation is 1. The predicted octanol–water partition coefficient (Wildman–Crippen LogP) is 4.75. The summed E-state index contributed by atoms with van der Waals surface area (Å²) < 4.78 is 5.20. The molecule has 1 aliphatic carbocycles. The number of hydrogen-bond donors (Lipinski definition) is 2. The van der Waals surface area contributed by atoms with Crippen LogP contribution in [-0.4, -0.2) is 30.2 Å². The van der Waals surface area contributed by atoms with Crippen LogP contribution in [-0.2, 0) is 6.42 Å². The van der Waals surface area contributed by atoms with E-state index in [-0.39, 0.29) is 0 Å². The summed E-state index contributed by atoms with van der Waals surface area (Å²) in [7, 11) is 1.69. The van der Waals surface area contributed by atoms with Crippen LogP contribution in [0.15, 0.2) is 42.0 Å². The zero-order valence-corrected chi connectivity index (χ0v) is 16.4. The molecule has 0 spiro atoms. The molecule has 1 aromatic carbocycles. The molecular formula is C22H30N4O. The topological polar surface area (TPSA) is 59.1 Å². The Balaban J connectivity index is 1.47. The molecular weight excluding hydrogens is 336 g/mol. The van der Waals surface area contributed by atoms with E-state index in [1.807, 2.05) is 25.1 Å². The van der Waals surface area contributed by atoms with Gasteiger partial charge in [0.25, 0.3) is 0 Å². The zero-order chi connectivity index (χ0) is 18.9. The summed E-state index contributed by atoms with van der Waals surface area (Å²) in [6.07, 6.45) is 9.56. The van der Waals surface area contributed by atoms with Gasteiger partial charge in [-0.25, -0.2) is 4.98 Å². The van der Waals surface area contributed by atoms with E-state index in [1.54, 1.807) is 12.7 Å². The van der Waals surface area contributed by atoms with Gasteiger partial charge < -0.3 is 15.4 Å². The fourth-order valence-corrected chi connectivity index (χ4v) is 3.33. The zero-order valence-electron chi connectivity index (χ0n) is 16.4. The largest absolute Gasteiger partial charge is 0.497 e. The molecule has 1 heterocycles. The third-order valence-electron chi connectivity index (χ3n) is 4.85. The Morgan fingerprint density at radius 3 is 2.56 bits per heavy atom. The van der Waals surface area contributed by atoms with Crippen molar-refractivity contribution in [3.8, 4) is 5.75 Å². The molecule has 0 saturated carbocycles. The van der Waals surface area contributed by atoms with Crippen molar-refractivity contribution in [2.24, 2.45) is 0 Å². The normalized spacial score (nSPS) is 13.8. The smallest absolute Gasteiger partial charge is 0.224 e. The van der Waals surface area contributed by atoms with Crippen LogP contribution in [0.25, 0.3) is 0 Å². The molecule has 5 heteroatoms. The van der Waals surface area contributed by atoms with Crippen LogP contribution < -0.4 is 15.4 Å². The van der Waals surface area contributed by atoms with Crippen LogP contribution in [0, 0.1) is 6.92 Å². The first-order valence-electron chi connectivity index (χ1n) is 9.87. The highest BCUT2D eigenvalue weighted by Gasteiger charge is 2.05. The van der Waals surface area contributed by atoms with E-state index in [4.69, 9.17) is 4.74 Å². The first-order chi connectivity index (χ1) is 13.2. The lowest BCUT2D eigenvalue weighted by molar-refractivity contribution is 0.414. The quantitative estimate of drug-likeness (QED) is 0.627. The molecule has 0 amide bonds. The minimum absolute atomic E-state index is 0.707. The maximum absolute atomic E-state index is 5.20. The number of nitrogens with one attached hydrogen (secondary N) is 2. The van der Waals surface area contributed by atoms with Crippen molar-refractivity contribution in [1.82, 2.24) is 9.97 Å². The molecule has 5 nitrogen and oxygen atoms in total. The molecule has 27 heavy (non-hydrogen) atoms. The lowest BCUT2D eigenvalue weighted by Gasteiger charge is -2.13. The van der Waals surface area contributed by atoms with Gasteiger partial charge in [-0.1, -0.05) is 23.8 Å². The maximum Gasteiger partial charge on any atom is 0.224 e. The highest BCUT2D eigenvalue weighted by atomic mass is 16.5. The molecule has 2 aromatic rings. The number of aromatic nitrogens is 2. The van der Waals surface area contributed by atoms with E-state index in [1.165, 1.54) is 31.2 Å². The third kappa shape index (κ3) is 6.27. The number of ether oxygens (including phenoxy) is 1. The number of hydrogen-bond acceptors (Lipinski definition) is 5. The van der Waals surface area contributed by atoms with Crippen LogP contribution in [0.5, 0.6) is 5.75 Å². The number of nitrogens with zero attached hydrogens (tertiary/aromatic N) is 2. The highest BCUT2D eigenvalue weighted by Crippen LogP contribution is 2.20. The fourth-order valence-electron chi connectivity index (χ4n) is 3.33. The highest BCUT2D eigenvalue weighted by molar-refractivity contribution is 5.42. The standard InChI is InChI=1S/C22H30N4O/c1-17-16-21(23-14-12-19-8-10-20(27-2)11-9-19)26-22(25-17)24-15-13-18-6-4-3-5-7-18/h6,8-11,16H,3-5,7,12-15H2,1-2H3,(H2,23,24,25,26). The minimum atomic E-state index is 0.707. The van der Waals surface area contributed by atoms with Crippen molar-refractivity contribution >= 4 is 11.8 Å². The Bertz CT molecular complexity index is 755. The van der Waals surface area contributed by atoms with E-state index in [0.717, 1.165) is 43.2 Å². The number of anilines is 2. The van der Waals surface area contributed by atoms with Gasteiger partial charge in [0.1, 0.15) is 11.6 Å². The van der Waals surface area contributed by atoms with Gasteiger partial charge in [-0.2, -0.15) is 4.98 Å². The minimum Gasteiger partial charge on any atom is -0.497 e. The van der Waals surface area contributed by atoms with E-state index in [2.05, 4.69) is 38.8 Å². The van der Waals surface area contributed by atoms with Gasteiger partial charge in [0.05, 0.1) is 7.11 Å². The van der Waals surface area contributed by atoms with Crippen LogP contribution in [0.4, 0.5) is 11.8 Å². The Labute approximate surface area is 162 Å². The monoisotopic (exact) mass is 366 g/mol. The van der Waals surface area contributed by atoms with Gasteiger partial charge in [0.15, 0.2) is 0 Å². The number of benzene rings is 1.